The van der Waals surface area contributed by atoms with Gasteiger partial charge in [-0.2, -0.15) is 0 Å². The highest BCUT2D eigenvalue weighted by Gasteiger charge is 2.33. The Morgan fingerprint density at radius 1 is 1.55 bits per heavy atom. The van der Waals surface area contributed by atoms with Crippen molar-refractivity contribution < 1.29 is 4.79 Å². The second kappa shape index (κ2) is 6.33. The third-order valence-electron chi connectivity index (χ3n) is 3.67. The van der Waals surface area contributed by atoms with Crippen molar-refractivity contribution in [3.8, 4) is 0 Å². The molecular formula is C15H21N3OS. The molecule has 1 aliphatic rings. The van der Waals surface area contributed by atoms with Crippen LogP contribution in [-0.2, 0) is 4.79 Å². The minimum atomic E-state index is -0.0131. The number of likely N-dealkylation sites (N-methyl/N-ethyl adjacent to an activating group) is 1. The van der Waals surface area contributed by atoms with Crippen molar-refractivity contribution in [1.29, 1.82) is 0 Å². The van der Waals surface area contributed by atoms with Gasteiger partial charge in [-0.15, -0.1) is 0 Å². The number of hydrogen-bond donors (Lipinski definition) is 2. The number of nitrogens with zero attached hydrogens (tertiary/aromatic N) is 1. The molecule has 20 heavy (non-hydrogen) atoms. The molecule has 1 aromatic carbocycles. The normalized spacial score (nSPS) is 20.8. The molecule has 0 radical (unpaired) electrons. The number of thiocarbonyl (C=S) groups is 1. The molecule has 1 aromatic rings. The molecule has 2 unspecified atom stereocenters. The smallest absolute Gasteiger partial charge is 0.238 e. The molecule has 0 spiro atoms. The molecule has 2 atom stereocenters. The van der Waals surface area contributed by atoms with Crippen molar-refractivity contribution >= 4 is 28.8 Å². The molecule has 1 fully saturated rings. The first kappa shape index (κ1) is 14.9. The Balaban J connectivity index is 1.84. The van der Waals surface area contributed by atoms with Crippen molar-refractivity contribution in [2.75, 3.05) is 25.5 Å². The van der Waals surface area contributed by atoms with Crippen molar-refractivity contribution in [3.63, 3.8) is 0 Å². The number of hydrogen-bond acceptors (Lipinski definition) is 3. The van der Waals surface area contributed by atoms with Crippen LogP contribution in [0.3, 0.4) is 0 Å². The second-order valence-electron chi connectivity index (χ2n) is 5.66. The van der Waals surface area contributed by atoms with E-state index in [1.165, 1.54) is 6.42 Å². The first-order valence-electron chi connectivity index (χ1n) is 6.84. The maximum atomic E-state index is 12.0. The van der Waals surface area contributed by atoms with Gasteiger partial charge in [0.25, 0.3) is 0 Å². The number of carbonyl (C=O) groups is 1. The fourth-order valence-electron chi connectivity index (χ4n) is 2.31. The highest BCUT2D eigenvalue weighted by Crippen LogP contribution is 2.37. The van der Waals surface area contributed by atoms with Crippen LogP contribution in [0.15, 0.2) is 24.3 Å². The van der Waals surface area contributed by atoms with Gasteiger partial charge in [0.2, 0.25) is 5.91 Å². The molecule has 1 saturated carbocycles. The largest absolute Gasteiger partial charge is 0.389 e. The predicted octanol–water partition coefficient (Wildman–Crippen LogP) is 1.85. The number of nitrogens with two attached hydrogens (primary N) is 1. The summed E-state index contributed by atoms with van der Waals surface area (Å²) in [5.74, 6) is 1.55. The van der Waals surface area contributed by atoms with Crippen LogP contribution < -0.4 is 11.1 Å². The lowest BCUT2D eigenvalue weighted by Crippen LogP contribution is -2.31. The molecule has 0 aromatic heterocycles. The lowest BCUT2D eigenvalue weighted by atomic mass is 10.2. The van der Waals surface area contributed by atoms with Gasteiger partial charge < -0.3 is 11.1 Å². The van der Waals surface area contributed by atoms with Gasteiger partial charge in [0.15, 0.2) is 0 Å². The van der Waals surface area contributed by atoms with Gasteiger partial charge in [-0.25, -0.2) is 0 Å². The van der Waals surface area contributed by atoms with Crippen LogP contribution in [0.25, 0.3) is 0 Å². The van der Waals surface area contributed by atoms with Gasteiger partial charge in [-0.05, 0) is 37.4 Å². The zero-order valence-electron chi connectivity index (χ0n) is 11.9. The highest BCUT2D eigenvalue weighted by molar-refractivity contribution is 7.80. The lowest BCUT2D eigenvalue weighted by molar-refractivity contribution is -0.117. The lowest BCUT2D eigenvalue weighted by Gasteiger charge is -2.16. The molecule has 0 saturated heterocycles. The molecule has 4 nitrogen and oxygen atoms in total. The Morgan fingerprint density at radius 3 is 2.85 bits per heavy atom. The topological polar surface area (TPSA) is 58.4 Å². The summed E-state index contributed by atoms with van der Waals surface area (Å²) in [6, 6.07) is 7.30. The summed E-state index contributed by atoms with van der Waals surface area (Å²) in [5.41, 5.74) is 7.07. The summed E-state index contributed by atoms with van der Waals surface area (Å²) in [6.07, 6.45) is 1.28. The number of rotatable bonds is 6. The predicted molar refractivity (Wildman–Crippen MR) is 85.7 cm³/mol. The summed E-state index contributed by atoms with van der Waals surface area (Å²) in [6.45, 7) is 3.64. The van der Waals surface area contributed by atoms with E-state index in [2.05, 4.69) is 17.1 Å². The van der Waals surface area contributed by atoms with Gasteiger partial charge in [0.05, 0.1) is 6.54 Å². The van der Waals surface area contributed by atoms with Crippen LogP contribution >= 0.6 is 12.2 Å². The molecule has 5 heteroatoms. The Kier molecular flexibility index (Phi) is 4.73. The molecule has 1 aliphatic carbocycles. The highest BCUT2D eigenvalue weighted by atomic mass is 32.1. The van der Waals surface area contributed by atoms with Crippen LogP contribution in [-0.4, -0.2) is 35.9 Å². The molecule has 0 heterocycles. The third-order valence-corrected chi connectivity index (χ3v) is 3.90. The molecule has 2 rings (SSSR count). The zero-order chi connectivity index (χ0) is 14.7. The van der Waals surface area contributed by atoms with Crippen molar-refractivity contribution in [3.05, 3.63) is 29.8 Å². The maximum Gasteiger partial charge on any atom is 0.238 e. The van der Waals surface area contributed by atoms with Gasteiger partial charge >= 0.3 is 0 Å². The number of nitrogens with one attached hydrogen (secondary N) is 1. The molecule has 108 valence electrons. The molecule has 0 bridgehead atoms. The second-order valence-corrected chi connectivity index (χ2v) is 6.10. The number of benzene rings is 1. The Morgan fingerprint density at radius 2 is 2.25 bits per heavy atom. The zero-order valence-corrected chi connectivity index (χ0v) is 12.7. The van der Waals surface area contributed by atoms with Crippen LogP contribution in [0.4, 0.5) is 5.69 Å². The average Bonchev–Trinajstić information content (AvgIpc) is 3.04. The standard InChI is InChI=1S/C15H21N3OS/c1-10-6-12(10)8-18(2)9-14(19)17-13-5-3-4-11(7-13)15(16)20/h3-5,7,10,12H,6,8-9H2,1-2H3,(H2,16,20)(H,17,19). The first-order valence-corrected chi connectivity index (χ1v) is 7.25. The molecular weight excluding hydrogens is 270 g/mol. The SMILES string of the molecule is CC1CC1CN(C)CC(=O)Nc1cccc(C(N)=S)c1. The van der Waals surface area contributed by atoms with Gasteiger partial charge in [-0.1, -0.05) is 31.3 Å². The quantitative estimate of drug-likeness (QED) is 0.785. The van der Waals surface area contributed by atoms with Gasteiger partial charge in [0.1, 0.15) is 4.99 Å². The van der Waals surface area contributed by atoms with Crippen molar-refractivity contribution in [2.24, 2.45) is 17.6 Å². The van der Waals surface area contributed by atoms with E-state index in [4.69, 9.17) is 18.0 Å². The molecule has 0 aliphatic heterocycles. The Labute approximate surface area is 125 Å². The summed E-state index contributed by atoms with van der Waals surface area (Å²) < 4.78 is 0. The minimum Gasteiger partial charge on any atom is -0.389 e. The summed E-state index contributed by atoms with van der Waals surface area (Å²) >= 11 is 4.93. The summed E-state index contributed by atoms with van der Waals surface area (Å²) in [7, 11) is 1.98. The van der Waals surface area contributed by atoms with Crippen LogP contribution in [0, 0.1) is 11.8 Å². The number of amides is 1. The van der Waals surface area contributed by atoms with E-state index < -0.39 is 0 Å². The van der Waals surface area contributed by atoms with Gasteiger partial charge in [-0.3, -0.25) is 9.69 Å². The van der Waals surface area contributed by atoms with Crippen LogP contribution in [0.2, 0.25) is 0 Å². The third kappa shape index (κ3) is 4.28. The Bertz CT molecular complexity index is 518. The van der Waals surface area contributed by atoms with Crippen LogP contribution in [0.1, 0.15) is 18.9 Å². The maximum absolute atomic E-state index is 12.0. The number of carbonyl (C=O) groups excluding carboxylic acids is 1. The fourth-order valence-corrected chi connectivity index (χ4v) is 2.44. The van der Waals surface area contributed by atoms with E-state index in [0.29, 0.717) is 11.5 Å². The summed E-state index contributed by atoms with van der Waals surface area (Å²) in [4.78, 5) is 14.4. The van der Waals surface area contributed by atoms with E-state index in [-0.39, 0.29) is 5.91 Å². The first-order chi connectivity index (χ1) is 9.45. The monoisotopic (exact) mass is 291 g/mol. The fraction of sp³-hybridized carbons (Fsp3) is 0.467. The van der Waals surface area contributed by atoms with E-state index >= 15 is 0 Å². The van der Waals surface area contributed by atoms with E-state index in [1.807, 2.05) is 25.2 Å². The van der Waals surface area contributed by atoms with Crippen LogP contribution in [0.5, 0.6) is 0 Å². The molecule has 1 amide bonds. The van der Waals surface area contributed by atoms with Gasteiger partial charge in [0, 0.05) is 17.8 Å². The van der Waals surface area contributed by atoms with Crippen molar-refractivity contribution in [2.45, 2.75) is 13.3 Å². The molecule has 3 N–H and O–H groups in total. The number of anilines is 1. The van der Waals surface area contributed by atoms with E-state index in [9.17, 15) is 4.79 Å². The average molecular weight is 291 g/mol. The van der Waals surface area contributed by atoms with E-state index in [0.717, 1.165) is 29.6 Å². The van der Waals surface area contributed by atoms with Crippen molar-refractivity contribution in [1.82, 2.24) is 4.90 Å². The Hall–Kier alpha value is -1.46. The minimum absolute atomic E-state index is 0.0131. The summed E-state index contributed by atoms with van der Waals surface area (Å²) in [5, 5.41) is 2.88. The van der Waals surface area contributed by atoms with E-state index in [1.54, 1.807) is 6.07 Å².